The first-order valence-electron chi connectivity index (χ1n) is 10.8. The van der Waals surface area contributed by atoms with Gasteiger partial charge in [-0.25, -0.2) is 0 Å². The van der Waals surface area contributed by atoms with E-state index >= 15 is 0 Å². The highest BCUT2D eigenvalue weighted by atomic mass is 15.4. The van der Waals surface area contributed by atoms with E-state index in [9.17, 15) is 0 Å². The Labute approximate surface area is 183 Å². The predicted octanol–water partition coefficient (Wildman–Crippen LogP) is 7.86. The molecule has 0 aromatic heterocycles. The Morgan fingerprint density at radius 1 is 0.452 bits per heavy atom. The molecule has 0 atom stereocenters. The number of hydrogen-bond acceptors (Lipinski definition) is 2. The highest BCUT2D eigenvalue weighted by Crippen LogP contribution is 2.52. The molecule has 2 heteroatoms. The van der Waals surface area contributed by atoms with Crippen molar-refractivity contribution in [3.05, 3.63) is 108 Å². The first-order valence-corrected chi connectivity index (χ1v) is 10.8. The molecule has 31 heavy (non-hydrogen) atoms. The van der Waals surface area contributed by atoms with Gasteiger partial charge in [0, 0.05) is 22.1 Å². The smallest absolute Gasteiger partial charge is 0.100 e. The highest BCUT2D eigenvalue weighted by molar-refractivity contribution is 6.22. The second kappa shape index (κ2) is 6.88. The molecule has 0 radical (unpaired) electrons. The number of nitrogens with zero attached hydrogens (tertiary/aromatic N) is 2. The fourth-order valence-corrected chi connectivity index (χ4v) is 4.80. The van der Waals surface area contributed by atoms with E-state index in [4.69, 9.17) is 0 Å². The molecular formula is C29H24N2. The van der Waals surface area contributed by atoms with Crippen LogP contribution in [0.4, 0.5) is 22.7 Å². The van der Waals surface area contributed by atoms with Gasteiger partial charge in [0.1, 0.15) is 6.67 Å². The fourth-order valence-electron chi connectivity index (χ4n) is 4.80. The minimum Gasteiger partial charge on any atom is -0.320 e. The first-order chi connectivity index (χ1) is 15.2. The summed E-state index contributed by atoms with van der Waals surface area (Å²) in [5.41, 5.74) is 7.59. The number of hydrogen-bond donors (Lipinski definition) is 0. The summed E-state index contributed by atoms with van der Waals surface area (Å²) >= 11 is 0. The van der Waals surface area contributed by atoms with Gasteiger partial charge >= 0.3 is 0 Å². The van der Waals surface area contributed by atoms with Crippen molar-refractivity contribution in [1.82, 2.24) is 0 Å². The van der Waals surface area contributed by atoms with Gasteiger partial charge in [0.25, 0.3) is 0 Å². The minimum absolute atomic E-state index is 0.791. The Kier molecular flexibility index (Phi) is 4.00. The van der Waals surface area contributed by atoms with Crippen LogP contribution in [0.25, 0.3) is 21.5 Å². The topological polar surface area (TPSA) is 6.48 Å². The summed E-state index contributed by atoms with van der Waals surface area (Å²) < 4.78 is 0. The van der Waals surface area contributed by atoms with Crippen molar-refractivity contribution in [2.24, 2.45) is 0 Å². The third-order valence-electron chi connectivity index (χ3n) is 6.39. The van der Waals surface area contributed by atoms with Gasteiger partial charge in [-0.2, -0.15) is 0 Å². The number of fused-ring (bicyclic) bond motifs is 6. The number of anilines is 4. The monoisotopic (exact) mass is 400 g/mol. The minimum atomic E-state index is 0.791. The van der Waals surface area contributed by atoms with Crippen LogP contribution >= 0.6 is 0 Å². The zero-order valence-electron chi connectivity index (χ0n) is 17.8. The lowest BCUT2D eigenvalue weighted by Gasteiger charge is -2.22. The van der Waals surface area contributed by atoms with Gasteiger partial charge in [-0.1, -0.05) is 83.9 Å². The lowest BCUT2D eigenvalue weighted by molar-refractivity contribution is 0.993. The molecule has 0 amide bonds. The van der Waals surface area contributed by atoms with Gasteiger partial charge in [0.05, 0.1) is 11.4 Å². The molecule has 1 heterocycles. The molecular weight excluding hydrogens is 376 g/mol. The Balaban J connectivity index is 1.70. The largest absolute Gasteiger partial charge is 0.320 e. The van der Waals surface area contributed by atoms with E-state index in [2.05, 4.69) is 121 Å². The molecule has 0 N–H and O–H groups in total. The zero-order chi connectivity index (χ0) is 20.9. The second-order valence-electron chi connectivity index (χ2n) is 8.46. The van der Waals surface area contributed by atoms with Gasteiger partial charge in [-0.15, -0.1) is 0 Å². The van der Waals surface area contributed by atoms with Crippen LogP contribution in [0.3, 0.4) is 0 Å². The lowest BCUT2D eigenvalue weighted by atomic mass is 9.97. The number of aryl methyl sites for hydroxylation is 2. The Bertz CT molecular complexity index is 1310. The molecule has 0 saturated carbocycles. The quantitative estimate of drug-likeness (QED) is 0.278. The van der Waals surface area contributed by atoms with Gasteiger partial charge in [-0.3, -0.25) is 0 Å². The van der Waals surface area contributed by atoms with Gasteiger partial charge in [-0.05, 0) is 48.9 Å². The second-order valence-corrected chi connectivity index (χ2v) is 8.46. The SMILES string of the molecule is Cc1ccc(N2CN(c3ccc(C)cc3)c3c2c2ccccc2c2ccccc32)cc1. The number of rotatable bonds is 2. The van der Waals surface area contributed by atoms with Crippen LogP contribution in [0, 0.1) is 13.8 Å². The predicted molar refractivity (Wildman–Crippen MR) is 133 cm³/mol. The molecule has 5 aromatic rings. The average Bonchev–Trinajstić information content (AvgIpc) is 3.21. The van der Waals surface area contributed by atoms with Crippen molar-refractivity contribution >= 4 is 44.3 Å². The Morgan fingerprint density at radius 2 is 0.806 bits per heavy atom. The van der Waals surface area contributed by atoms with Crippen LogP contribution < -0.4 is 9.80 Å². The molecule has 0 saturated heterocycles. The maximum atomic E-state index is 2.46. The Morgan fingerprint density at radius 3 is 1.19 bits per heavy atom. The summed E-state index contributed by atoms with van der Waals surface area (Å²) in [4.78, 5) is 4.92. The third kappa shape index (κ3) is 2.79. The molecule has 0 spiro atoms. The van der Waals surface area contributed by atoms with Crippen LogP contribution in [-0.2, 0) is 0 Å². The Hall–Kier alpha value is -3.78. The van der Waals surface area contributed by atoms with E-state index in [1.165, 1.54) is 55.4 Å². The van der Waals surface area contributed by atoms with E-state index in [0.717, 1.165) is 6.67 Å². The average molecular weight is 401 g/mol. The van der Waals surface area contributed by atoms with Crippen LogP contribution in [0.5, 0.6) is 0 Å². The fraction of sp³-hybridized carbons (Fsp3) is 0.103. The van der Waals surface area contributed by atoms with E-state index in [1.807, 2.05) is 0 Å². The van der Waals surface area contributed by atoms with Crippen molar-refractivity contribution in [3.63, 3.8) is 0 Å². The molecule has 1 aliphatic heterocycles. The third-order valence-corrected chi connectivity index (χ3v) is 6.39. The highest BCUT2D eigenvalue weighted by Gasteiger charge is 2.32. The molecule has 5 aromatic carbocycles. The zero-order valence-corrected chi connectivity index (χ0v) is 17.8. The van der Waals surface area contributed by atoms with Crippen LogP contribution in [0.15, 0.2) is 97.1 Å². The van der Waals surface area contributed by atoms with E-state index < -0.39 is 0 Å². The van der Waals surface area contributed by atoms with Gasteiger partial charge < -0.3 is 9.80 Å². The summed E-state index contributed by atoms with van der Waals surface area (Å²) in [7, 11) is 0. The normalized spacial score (nSPS) is 13.2. The molecule has 2 nitrogen and oxygen atoms in total. The van der Waals surface area contributed by atoms with Gasteiger partial charge in [0.15, 0.2) is 0 Å². The number of benzene rings is 5. The molecule has 0 fully saturated rings. The van der Waals surface area contributed by atoms with E-state index in [-0.39, 0.29) is 0 Å². The summed E-state index contributed by atoms with van der Waals surface area (Å²) in [6.07, 6.45) is 0. The van der Waals surface area contributed by atoms with E-state index in [1.54, 1.807) is 0 Å². The van der Waals surface area contributed by atoms with E-state index in [0.29, 0.717) is 0 Å². The van der Waals surface area contributed by atoms with Crippen LogP contribution in [0.2, 0.25) is 0 Å². The molecule has 6 rings (SSSR count). The maximum absolute atomic E-state index is 2.46. The summed E-state index contributed by atoms with van der Waals surface area (Å²) in [5.74, 6) is 0. The lowest BCUT2D eigenvalue weighted by Crippen LogP contribution is -2.24. The molecule has 0 unspecified atom stereocenters. The molecule has 0 bridgehead atoms. The van der Waals surface area contributed by atoms with Crippen molar-refractivity contribution in [2.45, 2.75) is 13.8 Å². The standard InChI is InChI=1S/C29H24N2/c1-20-11-15-22(16-12-20)30-19-31(23-17-13-21(2)14-18-23)29-27-10-6-4-8-25(27)24-7-3-5-9-26(24)28(29)30/h3-18H,19H2,1-2H3. The summed E-state index contributed by atoms with van der Waals surface area (Å²) in [5, 5.41) is 5.21. The van der Waals surface area contributed by atoms with Crippen molar-refractivity contribution in [1.29, 1.82) is 0 Å². The van der Waals surface area contributed by atoms with Gasteiger partial charge in [0.2, 0.25) is 0 Å². The molecule has 1 aliphatic rings. The molecule has 0 aliphatic carbocycles. The van der Waals surface area contributed by atoms with Crippen molar-refractivity contribution in [3.8, 4) is 0 Å². The van der Waals surface area contributed by atoms with Crippen LogP contribution in [-0.4, -0.2) is 6.67 Å². The van der Waals surface area contributed by atoms with Crippen molar-refractivity contribution < 1.29 is 0 Å². The van der Waals surface area contributed by atoms with Crippen LogP contribution in [0.1, 0.15) is 11.1 Å². The summed E-state index contributed by atoms with van der Waals surface area (Å²) in [6, 6.07) is 35.4. The maximum Gasteiger partial charge on any atom is 0.100 e. The van der Waals surface area contributed by atoms with Crippen molar-refractivity contribution in [2.75, 3.05) is 16.5 Å². The summed E-state index contributed by atoms with van der Waals surface area (Å²) in [6.45, 7) is 5.08. The first kappa shape index (κ1) is 18.0. The molecule has 150 valence electrons.